The zero-order valence-corrected chi connectivity index (χ0v) is 4.54. The average Bonchev–Trinajstić information content (AvgIpc) is 2.15. The first-order chi connectivity index (χ1) is 4.29. The van der Waals surface area contributed by atoms with Crippen LogP contribution in [0, 0.1) is 0 Å². The summed E-state index contributed by atoms with van der Waals surface area (Å²) in [6.45, 7) is -0.375. The van der Waals surface area contributed by atoms with Gasteiger partial charge in [0.2, 0.25) is 0 Å². The molecule has 1 rings (SSSR count). The van der Waals surface area contributed by atoms with E-state index < -0.39 is 6.43 Å². The molecule has 1 heterocycles. The highest BCUT2D eigenvalue weighted by Crippen LogP contribution is 1.94. The summed E-state index contributed by atoms with van der Waals surface area (Å²) in [5.74, 6) is 0. The molecule has 5 heteroatoms. The van der Waals surface area contributed by atoms with E-state index in [9.17, 15) is 8.78 Å². The van der Waals surface area contributed by atoms with Crippen molar-refractivity contribution in [2.24, 2.45) is 0 Å². The molecule has 1 aromatic rings. The van der Waals surface area contributed by atoms with Gasteiger partial charge in [0.1, 0.15) is 6.54 Å². The smallest absolute Gasteiger partial charge is 0.247 e. The number of alkyl halides is 2. The Morgan fingerprint density at radius 3 is 2.78 bits per heavy atom. The summed E-state index contributed by atoms with van der Waals surface area (Å²) >= 11 is 0. The fourth-order valence-electron chi connectivity index (χ4n) is 0.472. The molecule has 0 fully saturated rings. The van der Waals surface area contributed by atoms with E-state index in [1.54, 1.807) is 0 Å². The molecular weight excluding hydrogens is 128 g/mol. The van der Waals surface area contributed by atoms with Gasteiger partial charge in [0, 0.05) is 6.20 Å². The van der Waals surface area contributed by atoms with Gasteiger partial charge >= 0.3 is 0 Å². The molecular formula is C4H5F2N3. The molecule has 0 aliphatic heterocycles. The van der Waals surface area contributed by atoms with Gasteiger partial charge in [0.25, 0.3) is 6.43 Å². The molecule has 0 atom stereocenters. The largest absolute Gasteiger partial charge is 0.257 e. The predicted octanol–water partition coefficient (Wildman–Crippen LogP) is 0.543. The minimum Gasteiger partial charge on any atom is -0.247 e. The number of halogens is 2. The van der Waals surface area contributed by atoms with Gasteiger partial charge in [-0.05, 0) is 0 Å². The normalized spacial score (nSPS) is 10.6. The van der Waals surface area contributed by atoms with Crippen LogP contribution < -0.4 is 0 Å². The average molecular weight is 133 g/mol. The molecule has 0 saturated carbocycles. The van der Waals surface area contributed by atoms with Crippen LogP contribution in [-0.4, -0.2) is 21.4 Å². The minimum absolute atomic E-state index is 0.375. The van der Waals surface area contributed by atoms with Crippen LogP contribution in [0.2, 0.25) is 0 Å². The zero-order valence-electron chi connectivity index (χ0n) is 4.54. The maximum atomic E-state index is 11.5. The van der Waals surface area contributed by atoms with E-state index in [0.29, 0.717) is 0 Å². The monoisotopic (exact) mass is 133 g/mol. The summed E-state index contributed by atoms with van der Waals surface area (Å²) in [7, 11) is 0. The highest BCUT2D eigenvalue weighted by atomic mass is 19.3. The lowest BCUT2D eigenvalue weighted by Crippen LogP contribution is -2.06. The van der Waals surface area contributed by atoms with E-state index in [4.69, 9.17) is 0 Å². The van der Waals surface area contributed by atoms with Gasteiger partial charge in [-0.15, -0.1) is 5.10 Å². The zero-order chi connectivity index (χ0) is 6.69. The molecule has 1 aromatic heterocycles. The summed E-state index contributed by atoms with van der Waals surface area (Å²) in [5, 5.41) is 6.70. The molecule has 0 bridgehead atoms. The van der Waals surface area contributed by atoms with Crippen molar-refractivity contribution in [2.45, 2.75) is 13.0 Å². The van der Waals surface area contributed by atoms with Crippen LogP contribution in [0.25, 0.3) is 0 Å². The molecule has 0 spiro atoms. The van der Waals surface area contributed by atoms with Crippen LogP contribution in [0.15, 0.2) is 12.4 Å². The molecule has 3 nitrogen and oxygen atoms in total. The van der Waals surface area contributed by atoms with E-state index in [1.807, 2.05) is 0 Å². The molecule has 0 aromatic carbocycles. The van der Waals surface area contributed by atoms with Crippen molar-refractivity contribution in [3.63, 3.8) is 0 Å². The summed E-state index contributed by atoms with van der Waals surface area (Å²) in [4.78, 5) is 0. The van der Waals surface area contributed by atoms with E-state index in [-0.39, 0.29) is 6.54 Å². The lowest BCUT2D eigenvalue weighted by Gasteiger charge is -1.95. The van der Waals surface area contributed by atoms with E-state index in [2.05, 4.69) is 10.3 Å². The first kappa shape index (κ1) is 6.12. The lowest BCUT2D eigenvalue weighted by molar-refractivity contribution is 0.121. The van der Waals surface area contributed by atoms with Gasteiger partial charge < -0.3 is 0 Å². The molecule has 0 unspecified atom stereocenters. The third kappa shape index (κ3) is 1.75. The van der Waals surface area contributed by atoms with Gasteiger partial charge in [-0.2, -0.15) is 0 Å². The molecule has 0 aliphatic carbocycles. The third-order valence-corrected chi connectivity index (χ3v) is 0.797. The van der Waals surface area contributed by atoms with Crippen molar-refractivity contribution in [1.29, 1.82) is 0 Å². The number of rotatable bonds is 2. The summed E-state index contributed by atoms with van der Waals surface area (Å²) in [6.07, 6.45) is 0.404. The number of aromatic nitrogens is 3. The van der Waals surface area contributed by atoms with Crippen molar-refractivity contribution in [3.05, 3.63) is 12.4 Å². The second-order valence-electron chi connectivity index (χ2n) is 1.52. The van der Waals surface area contributed by atoms with Crippen LogP contribution in [0.5, 0.6) is 0 Å². The Balaban J connectivity index is 2.48. The van der Waals surface area contributed by atoms with E-state index >= 15 is 0 Å². The standard InChI is InChI=1S/C4H5F2N3/c5-4(6)3-9-2-1-7-8-9/h1-2,4H,3H2. The number of hydrogen-bond donors (Lipinski definition) is 0. The Morgan fingerprint density at radius 2 is 2.33 bits per heavy atom. The first-order valence-corrected chi connectivity index (χ1v) is 2.41. The van der Waals surface area contributed by atoms with Crippen molar-refractivity contribution >= 4 is 0 Å². The Kier molecular flexibility index (Phi) is 1.72. The quantitative estimate of drug-likeness (QED) is 0.589. The molecule has 0 saturated heterocycles. The van der Waals surface area contributed by atoms with Gasteiger partial charge in [0.05, 0.1) is 6.20 Å². The van der Waals surface area contributed by atoms with Crippen LogP contribution in [-0.2, 0) is 6.54 Å². The van der Waals surface area contributed by atoms with Gasteiger partial charge in [0.15, 0.2) is 0 Å². The minimum atomic E-state index is -2.35. The van der Waals surface area contributed by atoms with Gasteiger partial charge in [-0.25, -0.2) is 13.5 Å². The molecule has 0 N–H and O–H groups in total. The molecule has 50 valence electrons. The fourth-order valence-corrected chi connectivity index (χ4v) is 0.472. The van der Waals surface area contributed by atoms with Gasteiger partial charge in [-0.3, -0.25) is 0 Å². The van der Waals surface area contributed by atoms with E-state index in [1.165, 1.54) is 12.4 Å². The Labute approximate surface area is 50.3 Å². The van der Waals surface area contributed by atoms with Crippen molar-refractivity contribution in [2.75, 3.05) is 0 Å². The number of hydrogen-bond acceptors (Lipinski definition) is 2. The predicted molar refractivity (Wildman–Crippen MR) is 26.0 cm³/mol. The molecule has 0 aliphatic rings. The maximum absolute atomic E-state index is 11.5. The SMILES string of the molecule is FC(F)Cn1ccnn1. The second kappa shape index (κ2) is 2.52. The summed E-state index contributed by atoms with van der Waals surface area (Å²) in [5.41, 5.74) is 0. The van der Waals surface area contributed by atoms with Crippen molar-refractivity contribution in [3.8, 4) is 0 Å². The Morgan fingerprint density at radius 1 is 1.56 bits per heavy atom. The Bertz CT molecular complexity index is 160. The highest BCUT2D eigenvalue weighted by molar-refractivity contribution is 4.63. The fraction of sp³-hybridized carbons (Fsp3) is 0.500. The van der Waals surface area contributed by atoms with Crippen LogP contribution in [0.3, 0.4) is 0 Å². The maximum Gasteiger partial charge on any atom is 0.257 e. The highest BCUT2D eigenvalue weighted by Gasteiger charge is 2.02. The van der Waals surface area contributed by atoms with E-state index in [0.717, 1.165) is 4.68 Å². The first-order valence-electron chi connectivity index (χ1n) is 2.41. The summed E-state index contributed by atoms with van der Waals surface area (Å²) < 4.78 is 24.1. The van der Waals surface area contributed by atoms with Crippen molar-refractivity contribution < 1.29 is 8.78 Å². The summed E-state index contributed by atoms with van der Waals surface area (Å²) in [6, 6.07) is 0. The Hall–Kier alpha value is -1.00. The lowest BCUT2D eigenvalue weighted by atomic mass is 10.7. The number of nitrogens with zero attached hydrogens (tertiary/aromatic N) is 3. The molecule has 0 radical (unpaired) electrons. The second-order valence-corrected chi connectivity index (χ2v) is 1.52. The third-order valence-electron chi connectivity index (χ3n) is 0.797. The van der Waals surface area contributed by atoms with Gasteiger partial charge in [-0.1, -0.05) is 5.21 Å². The van der Waals surface area contributed by atoms with Crippen molar-refractivity contribution in [1.82, 2.24) is 15.0 Å². The molecule has 9 heavy (non-hydrogen) atoms. The van der Waals surface area contributed by atoms with Crippen LogP contribution in [0.1, 0.15) is 0 Å². The topological polar surface area (TPSA) is 30.7 Å². The van der Waals surface area contributed by atoms with Crippen LogP contribution >= 0.6 is 0 Å². The molecule has 0 amide bonds. The van der Waals surface area contributed by atoms with Crippen LogP contribution in [0.4, 0.5) is 8.78 Å².